The van der Waals surface area contributed by atoms with Gasteiger partial charge in [0, 0.05) is 7.05 Å². The van der Waals surface area contributed by atoms with Crippen LogP contribution >= 0.6 is 0 Å². The van der Waals surface area contributed by atoms with E-state index in [-0.39, 0.29) is 0 Å². The van der Waals surface area contributed by atoms with Gasteiger partial charge in [0.05, 0.1) is 17.4 Å². The molecule has 0 amide bonds. The summed E-state index contributed by atoms with van der Waals surface area (Å²) < 4.78 is 2.03. The highest BCUT2D eigenvalue weighted by Crippen LogP contribution is 2.16. The number of aryl methyl sites for hydroxylation is 2. The number of rotatable bonds is 4. The van der Waals surface area contributed by atoms with E-state index in [0.29, 0.717) is 0 Å². The quantitative estimate of drug-likeness (QED) is 0.641. The lowest BCUT2D eigenvalue weighted by atomic mass is 9.94. The number of aromatic nitrogens is 2. The number of benzene rings is 1. The van der Waals surface area contributed by atoms with Crippen molar-refractivity contribution in [3.05, 3.63) is 30.1 Å². The first-order valence-corrected chi connectivity index (χ1v) is 8.86. The summed E-state index contributed by atoms with van der Waals surface area (Å²) in [5, 5.41) is 0. The SMILES string of the molecule is CC.CC[C@@H](C)C[C@@H](C)CC.Cc1cccc2c1ncn2C. The average molecular weight is 305 g/mol. The third kappa shape index (κ3) is 6.64. The zero-order chi connectivity index (χ0) is 17.1. The molecule has 1 aromatic heterocycles. The summed E-state index contributed by atoms with van der Waals surface area (Å²) in [7, 11) is 2.01. The summed E-state index contributed by atoms with van der Waals surface area (Å²) in [6.45, 7) is 15.3. The van der Waals surface area contributed by atoms with Gasteiger partial charge >= 0.3 is 0 Å². The normalized spacial score (nSPS) is 12.7. The highest BCUT2D eigenvalue weighted by Gasteiger charge is 2.03. The lowest BCUT2D eigenvalue weighted by molar-refractivity contribution is 0.397. The minimum absolute atomic E-state index is 0.931. The van der Waals surface area contributed by atoms with Crippen molar-refractivity contribution in [1.29, 1.82) is 0 Å². The summed E-state index contributed by atoms with van der Waals surface area (Å²) in [6.07, 6.45) is 5.93. The van der Waals surface area contributed by atoms with Gasteiger partial charge in [0.2, 0.25) is 0 Å². The molecule has 1 aromatic carbocycles. The van der Waals surface area contributed by atoms with Crippen LogP contribution in [0.3, 0.4) is 0 Å². The second-order valence-electron chi connectivity index (χ2n) is 6.06. The third-order valence-electron chi connectivity index (χ3n) is 4.16. The van der Waals surface area contributed by atoms with Gasteiger partial charge in [-0.05, 0) is 36.8 Å². The molecule has 2 atom stereocenters. The summed E-state index contributed by atoms with van der Waals surface area (Å²) in [5.74, 6) is 1.86. The van der Waals surface area contributed by atoms with Crippen LogP contribution in [0, 0.1) is 18.8 Å². The van der Waals surface area contributed by atoms with Gasteiger partial charge in [-0.15, -0.1) is 0 Å². The Kier molecular flexibility index (Phi) is 10.6. The molecule has 0 radical (unpaired) electrons. The van der Waals surface area contributed by atoms with Crippen LogP contribution in [-0.4, -0.2) is 9.55 Å². The van der Waals surface area contributed by atoms with Crippen molar-refractivity contribution in [2.24, 2.45) is 18.9 Å². The van der Waals surface area contributed by atoms with Crippen LogP contribution < -0.4 is 0 Å². The number of fused-ring (bicyclic) bond motifs is 1. The maximum absolute atomic E-state index is 4.28. The maximum Gasteiger partial charge on any atom is 0.0955 e. The monoisotopic (exact) mass is 304 g/mol. The number of hydrogen-bond donors (Lipinski definition) is 0. The molecule has 22 heavy (non-hydrogen) atoms. The molecule has 2 heteroatoms. The fraction of sp³-hybridized carbons (Fsp3) is 0.650. The summed E-state index contributed by atoms with van der Waals surface area (Å²) in [5.41, 5.74) is 3.54. The minimum Gasteiger partial charge on any atom is -0.334 e. The van der Waals surface area contributed by atoms with E-state index in [0.717, 1.165) is 17.4 Å². The highest BCUT2D eigenvalue weighted by molar-refractivity contribution is 5.78. The molecule has 0 aliphatic heterocycles. The first-order chi connectivity index (χ1) is 10.5. The van der Waals surface area contributed by atoms with Crippen molar-refractivity contribution in [3.8, 4) is 0 Å². The second kappa shape index (κ2) is 11.3. The first kappa shape index (κ1) is 20.7. The van der Waals surface area contributed by atoms with Gasteiger partial charge < -0.3 is 4.57 Å². The molecule has 0 saturated carbocycles. The van der Waals surface area contributed by atoms with E-state index in [1.165, 1.54) is 30.3 Å². The standard InChI is InChI=1S/C9H10N2.C9H20.C2H6/c1-7-4-3-5-8-9(7)10-6-11(8)2;1-5-8(3)7-9(4)6-2;1-2/h3-6H,1-2H3;8-9H,5-7H2,1-4H3;1-2H3/t;8-,9+;. The Bertz CT molecular complexity index is 505. The fourth-order valence-electron chi connectivity index (χ4n) is 2.32. The molecule has 0 aliphatic rings. The van der Waals surface area contributed by atoms with Crippen LogP contribution in [0.15, 0.2) is 24.5 Å². The van der Waals surface area contributed by atoms with E-state index >= 15 is 0 Å². The Morgan fingerprint density at radius 3 is 2.05 bits per heavy atom. The van der Waals surface area contributed by atoms with Gasteiger partial charge in [-0.1, -0.05) is 66.5 Å². The Balaban J connectivity index is 0.000000369. The smallest absolute Gasteiger partial charge is 0.0955 e. The fourth-order valence-corrected chi connectivity index (χ4v) is 2.32. The molecule has 2 aromatic rings. The van der Waals surface area contributed by atoms with Crippen molar-refractivity contribution in [1.82, 2.24) is 9.55 Å². The van der Waals surface area contributed by atoms with Crippen molar-refractivity contribution in [2.75, 3.05) is 0 Å². The van der Waals surface area contributed by atoms with Crippen molar-refractivity contribution in [3.63, 3.8) is 0 Å². The summed E-state index contributed by atoms with van der Waals surface area (Å²) >= 11 is 0. The van der Waals surface area contributed by atoms with E-state index in [9.17, 15) is 0 Å². The second-order valence-corrected chi connectivity index (χ2v) is 6.06. The highest BCUT2D eigenvalue weighted by atomic mass is 15.0. The van der Waals surface area contributed by atoms with Gasteiger partial charge in [-0.2, -0.15) is 0 Å². The average Bonchev–Trinajstić information content (AvgIpc) is 2.92. The molecule has 0 fully saturated rings. The van der Waals surface area contributed by atoms with E-state index in [4.69, 9.17) is 0 Å². The third-order valence-corrected chi connectivity index (χ3v) is 4.16. The molecule has 0 bridgehead atoms. The number of nitrogens with zero attached hydrogens (tertiary/aromatic N) is 2. The Labute approximate surface area is 138 Å². The molecule has 0 N–H and O–H groups in total. The summed E-state index contributed by atoms with van der Waals surface area (Å²) in [6, 6.07) is 6.21. The van der Waals surface area contributed by atoms with E-state index in [2.05, 4.69) is 57.8 Å². The zero-order valence-electron chi connectivity index (χ0n) is 16.0. The molecule has 2 nitrogen and oxygen atoms in total. The van der Waals surface area contributed by atoms with Crippen molar-refractivity contribution in [2.45, 2.75) is 67.7 Å². The Morgan fingerprint density at radius 1 is 1.05 bits per heavy atom. The van der Waals surface area contributed by atoms with Gasteiger partial charge in [0.15, 0.2) is 0 Å². The molecule has 0 aliphatic carbocycles. The maximum atomic E-state index is 4.28. The molecule has 126 valence electrons. The minimum atomic E-state index is 0.931. The zero-order valence-corrected chi connectivity index (χ0v) is 16.0. The van der Waals surface area contributed by atoms with Crippen LogP contribution in [-0.2, 0) is 7.05 Å². The van der Waals surface area contributed by atoms with E-state index in [1.54, 1.807) is 0 Å². The Hall–Kier alpha value is -1.31. The Morgan fingerprint density at radius 2 is 1.59 bits per heavy atom. The van der Waals surface area contributed by atoms with Crippen molar-refractivity contribution >= 4 is 11.0 Å². The largest absolute Gasteiger partial charge is 0.334 e. The van der Waals surface area contributed by atoms with Gasteiger partial charge in [-0.3, -0.25) is 0 Å². The predicted molar refractivity (Wildman–Crippen MR) is 100 cm³/mol. The van der Waals surface area contributed by atoms with Gasteiger partial charge in [-0.25, -0.2) is 4.98 Å². The lowest BCUT2D eigenvalue weighted by Gasteiger charge is -2.12. The molecule has 1 heterocycles. The van der Waals surface area contributed by atoms with Gasteiger partial charge in [0.1, 0.15) is 0 Å². The summed E-state index contributed by atoms with van der Waals surface area (Å²) in [4.78, 5) is 4.28. The topological polar surface area (TPSA) is 17.8 Å². The van der Waals surface area contributed by atoms with Crippen LogP contribution in [0.1, 0.15) is 66.4 Å². The van der Waals surface area contributed by atoms with Crippen LogP contribution in [0.4, 0.5) is 0 Å². The van der Waals surface area contributed by atoms with Crippen LogP contribution in [0.2, 0.25) is 0 Å². The van der Waals surface area contributed by atoms with Gasteiger partial charge in [0.25, 0.3) is 0 Å². The van der Waals surface area contributed by atoms with Crippen LogP contribution in [0.5, 0.6) is 0 Å². The molecule has 2 rings (SSSR count). The first-order valence-electron chi connectivity index (χ1n) is 8.86. The molecular weight excluding hydrogens is 268 g/mol. The molecule has 0 unspecified atom stereocenters. The molecule has 0 saturated heterocycles. The van der Waals surface area contributed by atoms with Crippen molar-refractivity contribution < 1.29 is 0 Å². The number of hydrogen-bond acceptors (Lipinski definition) is 1. The van der Waals surface area contributed by atoms with Crippen LogP contribution in [0.25, 0.3) is 11.0 Å². The number of imidazole rings is 1. The van der Waals surface area contributed by atoms with E-state index < -0.39 is 0 Å². The predicted octanol–water partition coefficient (Wildman–Crippen LogP) is 6.38. The van der Waals surface area contributed by atoms with E-state index in [1.807, 2.05) is 31.8 Å². The lowest BCUT2D eigenvalue weighted by Crippen LogP contribution is -2.00. The molecule has 0 spiro atoms. The molecular formula is C20H36N2. The number of para-hydroxylation sites is 1.